The highest BCUT2D eigenvalue weighted by Crippen LogP contribution is 2.61. The zero-order valence-electron chi connectivity index (χ0n) is 25.5. The molecule has 0 saturated carbocycles. The van der Waals surface area contributed by atoms with Gasteiger partial charge in [-0.25, -0.2) is 0 Å². The van der Waals surface area contributed by atoms with Gasteiger partial charge in [0.1, 0.15) is 0 Å². The Balaban J connectivity index is 0. The van der Waals surface area contributed by atoms with Gasteiger partial charge in [-0.05, 0) is 46.0 Å². The van der Waals surface area contributed by atoms with Crippen molar-refractivity contribution in [3.8, 4) is 0 Å². The van der Waals surface area contributed by atoms with Crippen LogP contribution >= 0.6 is 15.1 Å². The molecule has 6 heteroatoms. The summed E-state index contributed by atoms with van der Waals surface area (Å²) >= 11 is 0. The molecule has 0 aromatic heterocycles. The second-order valence-corrected chi connectivity index (χ2v) is 16.4. The van der Waals surface area contributed by atoms with Crippen molar-refractivity contribution in [1.29, 1.82) is 0 Å². The van der Waals surface area contributed by atoms with E-state index in [1.54, 1.807) is 44.9 Å². The van der Waals surface area contributed by atoms with E-state index < -0.39 is 15.1 Å². The van der Waals surface area contributed by atoms with Gasteiger partial charge in [0.05, 0.1) is 37.9 Å². The van der Waals surface area contributed by atoms with Crippen LogP contribution < -0.4 is 4.89 Å². The molecule has 0 aliphatic rings. The Labute approximate surface area is 228 Å². The van der Waals surface area contributed by atoms with Crippen molar-refractivity contribution >= 4 is 15.1 Å². The molecule has 0 radical (unpaired) electrons. The van der Waals surface area contributed by atoms with Crippen molar-refractivity contribution in [2.24, 2.45) is 0 Å². The Morgan fingerprint density at radius 3 is 1.06 bits per heavy atom. The Hall–Kier alpha value is 0.540. The molecular formula is C30H66O4P2. The van der Waals surface area contributed by atoms with Crippen molar-refractivity contribution in [3.63, 3.8) is 0 Å². The maximum absolute atomic E-state index is 10.4. The predicted octanol–water partition coefficient (Wildman–Crippen LogP) is 10.6. The lowest BCUT2D eigenvalue weighted by molar-refractivity contribution is -0.224. The van der Waals surface area contributed by atoms with Gasteiger partial charge in [-0.2, -0.15) is 0 Å². The molecule has 0 rings (SSSR count). The van der Waals surface area contributed by atoms with Gasteiger partial charge in [-0.1, -0.05) is 111 Å². The molecule has 0 fully saturated rings. The van der Waals surface area contributed by atoms with Crippen LogP contribution in [0.4, 0.5) is 0 Å². The van der Waals surface area contributed by atoms with Crippen molar-refractivity contribution in [1.82, 2.24) is 0 Å². The van der Waals surface area contributed by atoms with Crippen molar-refractivity contribution in [2.75, 3.05) is 37.9 Å². The molecule has 4 nitrogen and oxygen atoms in total. The van der Waals surface area contributed by atoms with Crippen LogP contribution in [0.3, 0.4) is 0 Å². The van der Waals surface area contributed by atoms with Crippen LogP contribution in [0.2, 0.25) is 0 Å². The third-order valence-electron chi connectivity index (χ3n) is 7.02. The summed E-state index contributed by atoms with van der Waals surface area (Å²) in [5, 5.41) is 0. The van der Waals surface area contributed by atoms with Gasteiger partial charge in [0, 0.05) is 7.26 Å². The Morgan fingerprint density at radius 2 is 0.750 bits per heavy atom. The molecule has 220 valence electrons. The van der Waals surface area contributed by atoms with Gasteiger partial charge in [0.15, 0.2) is 0 Å². The summed E-state index contributed by atoms with van der Waals surface area (Å²) in [5.41, 5.74) is 0. The summed E-state index contributed by atoms with van der Waals surface area (Å²) in [6.45, 7) is 12.9. The fraction of sp³-hybridized carbons (Fsp3) is 1.00. The maximum Gasteiger partial charge on any atom is 0.267 e. The van der Waals surface area contributed by atoms with E-state index in [-0.39, 0.29) is 13.2 Å². The first-order valence-corrected chi connectivity index (χ1v) is 19.8. The summed E-state index contributed by atoms with van der Waals surface area (Å²) in [6.07, 6.45) is 33.0. The van der Waals surface area contributed by atoms with E-state index in [0.29, 0.717) is 0 Å². The molecule has 0 spiro atoms. The Kier molecular flexibility index (Phi) is 30.7. The molecule has 0 N–H and O–H groups in total. The predicted molar refractivity (Wildman–Crippen MR) is 163 cm³/mol. The molecule has 0 bridgehead atoms. The summed E-state index contributed by atoms with van der Waals surface area (Å²) in [5.74, 6) is 0. The van der Waals surface area contributed by atoms with E-state index in [1.807, 2.05) is 0 Å². The summed E-state index contributed by atoms with van der Waals surface area (Å²) in [7, 11) is -4.57. The Morgan fingerprint density at radius 1 is 0.472 bits per heavy atom. The van der Waals surface area contributed by atoms with Crippen LogP contribution in [0, 0.1) is 0 Å². The summed E-state index contributed by atoms with van der Waals surface area (Å²) in [4.78, 5) is 10.4. The molecule has 0 aliphatic heterocycles. The Bertz CT molecular complexity index is 442. The third kappa shape index (κ3) is 26.2. The number of hydrogen-bond acceptors (Lipinski definition) is 4. The molecular weight excluding hydrogens is 486 g/mol. The molecule has 0 amide bonds. The minimum atomic E-state index is -3.94. The van der Waals surface area contributed by atoms with Crippen LogP contribution in [-0.2, 0) is 13.6 Å². The van der Waals surface area contributed by atoms with E-state index >= 15 is 0 Å². The van der Waals surface area contributed by atoms with Crippen LogP contribution in [0.1, 0.15) is 157 Å². The van der Waals surface area contributed by atoms with Crippen LogP contribution in [0.25, 0.3) is 0 Å². The lowest BCUT2D eigenvalue weighted by Gasteiger charge is -2.28. The fourth-order valence-corrected chi connectivity index (χ4v) is 10.7. The van der Waals surface area contributed by atoms with E-state index in [9.17, 15) is 9.46 Å². The zero-order chi connectivity index (χ0) is 27.4. The number of phosphoric acid groups is 1. The molecule has 0 aliphatic carbocycles. The molecule has 0 unspecified atom stereocenters. The van der Waals surface area contributed by atoms with E-state index in [2.05, 4.69) is 36.7 Å². The fourth-order valence-electron chi connectivity index (χ4n) is 4.79. The van der Waals surface area contributed by atoms with Gasteiger partial charge in [-0.3, -0.25) is 4.57 Å². The average molecular weight is 553 g/mol. The van der Waals surface area contributed by atoms with Gasteiger partial charge in [-0.15, -0.1) is 0 Å². The highest BCUT2D eigenvalue weighted by atomic mass is 31.2. The molecule has 0 heterocycles. The molecule has 0 atom stereocenters. The van der Waals surface area contributed by atoms with E-state index in [0.717, 1.165) is 0 Å². The van der Waals surface area contributed by atoms with Gasteiger partial charge in [0.2, 0.25) is 0 Å². The van der Waals surface area contributed by atoms with Crippen LogP contribution in [-0.4, -0.2) is 37.9 Å². The first-order valence-electron chi connectivity index (χ1n) is 15.8. The highest BCUT2D eigenvalue weighted by Gasteiger charge is 2.34. The van der Waals surface area contributed by atoms with Gasteiger partial charge < -0.3 is 13.9 Å². The number of phosphoric ester groups is 1. The summed E-state index contributed by atoms with van der Waals surface area (Å²) in [6, 6.07) is 0. The second-order valence-electron chi connectivity index (χ2n) is 10.5. The van der Waals surface area contributed by atoms with Crippen LogP contribution in [0.15, 0.2) is 0 Å². The minimum absolute atomic E-state index is 0.126. The van der Waals surface area contributed by atoms with Crippen molar-refractivity contribution in [2.45, 2.75) is 157 Å². The number of hydrogen-bond donors (Lipinski definition) is 0. The molecule has 0 saturated heterocycles. The lowest BCUT2D eigenvalue weighted by atomic mass is 10.1. The topological polar surface area (TPSA) is 58.6 Å². The molecule has 0 aromatic carbocycles. The van der Waals surface area contributed by atoms with Crippen molar-refractivity contribution < 1.29 is 18.5 Å². The van der Waals surface area contributed by atoms with Gasteiger partial charge >= 0.3 is 0 Å². The van der Waals surface area contributed by atoms with Crippen molar-refractivity contribution in [3.05, 3.63) is 0 Å². The zero-order valence-corrected chi connectivity index (χ0v) is 27.3. The first-order chi connectivity index (χ1) is 17.4. The third-order valence-corrected chi connectivity index (χ3v) is 13.2. The standard InChI is InChI=1S/C26H56P.C4H11O4P/c1-5-9-13-14-15-16-17-18-19-20-21-22-26-27(23-10-6-2,24-11-7-3)25-12-8-4;1-3-7-9(5,6)8-4-2/h5-26H2,1-4H3;3-4H2,1-2H3,(H,5,6)/q+1;/p-1. The number of rotatable bonds is 26. The molecule has 0 aromatic rings. The SMILES string of the molecule is CCCCCCCCCCCCCC[P+](CCCC)(CCCC)CCCC.CCOP(=O)([O-])OCC. The monoisotopic (exact) mass is 552 g/mol. The second kappa shape index (κ2) is 28.5. The normalized spacial score (nSPS) is 12.0. The number of unbranched alkanes of at least 4 members (excludes halogenated alkanes) is 14. The smallest absolute Gasteiger partial charge is 0.267 e. The lowest BCUT2D eigenvalue weighted by Crippen LogP contribution is -2.13. The highest BCUT2D eigenvalue weighted by molar-refractivity contribution is 7.75. The quantitative estimate of drug-likeness (QED) is 0.0791. The largest absolute Gasteiger partial charge is 0.756 e. The maximum atomic E-state index is 10.4. The van der Waals surface area contributed by atoms with Crippen LogP contribution in [0.5, 0.6) is 0 Å². The van der Waals surface area contributed by atoms with Gasteiger partial charge in [0.25, 0.3) is 7.82 Å². The molecule has 36 heavy (non-hydrogen) atoms. The van der Waals surface area contributed by atoms with E-state index in [1.165, 1.54) is 109 Å². The first kappa shape index (κ1) is 38.7. The summed E-state index contributed by atoms with van der Waals surface area (Å²) < 4.78 is 18.9. The minimum Gasteiger partial charge on any atom is -0.756 e. The average Bonchev–Trinajstić information content (AvgIpc) is 2.85. The van der Waals surface area contributed by atoms with E-state index in [4.69, 9.17) is 0 Å².